The highest BCUT2D eigenvalue weighted by Crippen LogP contribution is 2.36. The first-order valence-electron chi connectivity index (χ1n) is 7.38. The van der Waals surface area contributed by atoms with Crippen molar-refractivity contribution in [3.05, 3.63) is 52.5 Å². The van der Waals surface area contributed by atoms with E-state index in [1.807, 2.05) is 6.20 Å². The van der Waals surface area contributed by atoms with E-state index in [2.05, 4.69) is 66.9 Å². The van der Waals surface area contributed by atoms with Crippen molar-refractivity contribution in [2.75, 3.05) is 7.05 Å². The van der Waals surface area contributed by atoms with Gasteiger partial charge in [-0.05, 0) is 25.5 Å². The number of thiazole rings is 1. The Morgan fingerprint density at radius 3 is 2.40 bits per heavy atom. The van der Waals surface area contributed by atoms with Crippen molar-refractivity contribution in [1.29, 1.82) is 0 Å². The van der Waals surface area contributed by atoms with E-state index < -0.39 is 0 Å². The summed E-state index contributed by atoms with van der Waals surface area (Å²) in [5, 5.41) is 6.82. The van der Waals surface area contributed by atoms with Gasteiger partial charge in [0.2, 0.25) is 0 Å². The zero-order chi connectivity index (χ0) is 14.4. The molecule has 0 saturated carbocycles. The number of hydrogen-bond donors (Lipinski definition) is 1. The van der Waals surface area contributed by atoms with Crippen LogP contribution in [0.2, 0.25) is 0 Å². The maximum absolute atomic E-state index is 4.46. The van der Waals surface area contributed by atoms with Crippen molar-refractivity contribution in [3.8, 4) is 0 Å². The molecule has 1 N–H and O–H groups in total. The number of nitrogens with one attached hydrogen (secondary N) is 1. The Bertz CT molecular complexity index is 489. The van der Waals surface area contributed by atoms with Gasteiger partial charge in [-0.25, -0.2) is 4.98 Å². The van der Waals surface area contributed by atoms with E-state index in [9.17, 15) is 0 Å². The Balaban J connectivity index is 2.34. The maximum atomic E-state index is 4.46. The van der Waals surface area contributed by atoms with Crippen LogP contribution in [-0.2, 0) is 11.8 Å². The second-order valence-corrected chi connectivity index (χ2v) is 6.18. The Morgan fingerprint density at radius 1 is 1.20 bits per heavy atom. The minimum Gasteiger partial charge on any atom is -0.316 e. The van der Waals surface area contributed by atoms with Gasteiger partial charge < -0.3 is 5.32 Å². The molecule has 2 rings (SSSR count). The predicted octanol–water partition coefficient (Wildman–Crippen LogP) is 4.03. The molecule has 2 aromatic rings. The Hall–Kier alpha value is -1.19. The highest BCUT2D eigenvalue weighted by Gasteiger charge is 2.36. The molecule has 0 aliphatic heterocycles. The van der Waals surface area contributed by atoms with Crippen LogP contribution < -0.4 is 5.32 Å². The molecule has 0 spiro atoms. The summed E-state index contributed by atoms with van der Waals surface area (Å²) in [4.78, 5) is 4.46. The molecule has 3 heteroatoms. The van der Waals surface area contributed by atoms with Crippen LogP contribution in [0.1, 0.15) is 37.3 Å². The SMILES string of the molecule is CCC(CC)(c1ccccc1)C(Cc1nccs1)NC. The molecule has 0 saturated heterocycles. The van der Waals surface area contributed by atoms with E-state index in [4.69, 9.17) is 0 Å². The summed E-state index contributed by atoms with van der Waals surface area (Å²) in [6, 6.07) is 11.3. The molecule has 108 valence electrons. The molecule has 0 radical (unpaired) electrons. The van der Waals surface area contributed by atoms with Crippen LogP contribution in [-0.4, -0.2) is 18.1 Å². The number of rotatable bonds is 7. The molecular formula is C17H24N2S. The quantitative estimate of drug-likeness (QED) is 0.832. The molecule has 1 unspecified atom stereocenters. The fourth-order valence-electron chi connectivity index (χ4n) is 3.22. The van der Waals surface area contributed by atoms with E-state index in [1.165, 1.54) is 10.6 Å². The summed E-state index contributed by atoms with van der Waals surface area (Å²) in [6.45, 7) is 4.59. The van der Waals surface area contributed by atoms with Crippen molar-refractivity contribution in [2.45, 2.75) is 44.6 Å². The minimum atomic E-state index is 0.168. The zero-order valence-corrected chi connectivity index (χ0v) is 13.4. The zero-order valence-electron chi connectivity index (χ0n) is 12.6. The van der Waals surface area contributed by atoms with Gasteiger partial charge in [-0.2, -0.15) is 0 Å². The van der Waals surface area contributed by atoms with Crippen LogP contribution in [0.25, 0.3) is 0 Å². The standard InChI is InChI=1S/C17H24N2S/c1-4-17(5-2,14-9-7-6-8-10-14)15(18-3)13-16-19-11-12-20-16/h6-12,15,18H,4-5,13H2,1-3H3. The number of hydrogen-bond acceptors (Lipinski definition) is 3. The first-order valence-corrected chi connectivity index (χ1v) is 8.26. The fraction of sp³-hybridized carbons (Fsp3) is 0.471. The minimum absolute atomic E-state index is 0.168. The van der Waals surface area contributed by atoms with Gasteiger partial charge in [0, 0.05) is 29.5 Å². The monoisotopic (exact) mass is 288 g/mol. The summed E-state index contributed by atoms with van der Waals surface area (Å²) in [6.07, 6.45) is 5.15. The lowest BCUT2D eigenvalue weighted by Gasteiger charge is -2.40. The van der Waals surface area contributed by atoms with Crippen LogP contribution >= 0.6 is 11.3 Å². The maximum Gasteiger partial charge on any atom is 0.0940 e. The average Bonchev–Trinajstić information content (AvgIpc) is 3.02. The third-order valence-corrected chi connectivity index (χ3v) is 5.29. The number of aromatic nitrogens is 1. The smallest absolute Gasteiger partial charge is 0.0940 e. The molecule has 2 nitrogen and oxygen atoms in total. The van der Waals surface area contributed by atoms with Crippen molar-refractivity contribution in [1.82, 2.24) is 10.3 Å². The van der Waals surface area contributed by atoms with Crippen molar-refractivity contribution < 1.29 is 0 Å². The Labute approximate surface area is 126 Å². The molecule has 0 bridgehead atoms. The molecule has 1 aromatic heterocycles. The van der Waals surface area contributed by atoms with E-state index in [0.717, 1.165) is 19.3 Å². The van der Waals surface area contributed by atoms with Crippen LogP contribution in [0.3, 0.4) is 0 Å². The molecule has 0 aliphatic carbocycles. The fourth-order valence-corrected chi connectivity index (χ4v) is 3.89. The Kier molecular flexibility index (Phi) is 5.32. The molecule has 20 heavy (non-hydrogen) atoms. The topological polar surface area (TPSA) is 24.9 Å². The third-order valence-electron chi connectivity index (χ3n) is 4.49. The largest absolute Gasteiger partial charge is 0.316 e. The van der Waals surface area contributed by atoms with Crippen molar-refractivity contribution in [2.24, 2.45) is 0 Å². The van der Waals surface area contributed by atoms with Gasteiger partial charge in [-0.15, -0.1) is 11.3 Å². The van der Waals surface area contributed by atoms with Gasteiger partial charge in [0.15, 0.2) is 0 Å². The van der Waals surface area contributed by atoms with E-state index in [-0.39, 0.29) is 5.41 Å². The van der Waals surface area contributed by atoms with E-state index in [1.54, 1.807) is 11.3 Å². The van der Waals surface area contributed by atoms with Crippen LogP contribution in [0, 0.1) is 0 Å². The molecule has 1 aromatic carbocycles. The lowest BCUT2D eigenvalue weighted by atomic mass is 9.69. The number of nitrogens with zero attached hydrogens (tertiary/aromatic N) is 1. The predicted molar refractivity (Wildman–Crippen MR) is 87.4 cm³/mol. The van der Waals surface area contributed by atoms with Gasteiger partial charge in [-0.1, -0.05) is 44.2 Å². The van der Waals surface area contributed by atoms with Gasteiger partial charge in [0.1, 0.15) is 0 Å². The van der Waals surface area contributed by atoms with Gasteiger partial charge in [0.25, 0.3) is 0 Å². The second kappa shape index (κ2) is 7.00. The summed E-state index contributed by atoms with van der Waals surface area (Å²) >= 11 is 1.75. The number of likely N-dealkylation sites (N-methyl/N-ethyl adjacent to an activating group) is 1. The van der Waals surface area contributed by atoms with Gasteiger partial charge >= 0.3 is 0 Å². The molecule has 1 heterocycles. The first kappa shape index (κ1) is 15.2. The van der Waals surface area contributed by atoms with E-state index in [0.29, 0.717) is 6.04 Å². The van der Waals surface area contributed by atoms with Crippen LogP contribution in [0.5, 0.6) is 0 Å². The van der Waals surface area contributed by atoms with Gasteiger partial charge in [0.05, 0.1) is 5.01 Å². The first-order chi connectivity index (χ1) is 9.76. The molecular weight excluding hydrogens is 264 g/mol. The summed E-state index contributed by atoms with van der Waals surface area (Å²) < 4.78 is 0. The molecule has 0 fully saturated rings. The van der Waals surface area contributed by atoms with Crippen molar-refractivity contribution in [3.63, 3.8) is 0 Å². The summed E-state index contributed by atoms with van der Waals surface area (Å²) in [5.41, 5.74) is 1.60. The lowest BCUT2D eigenvalue weighted by molar-refractivity contribution is 0.280. The average molecular weight is 288 g/mol. The van der Waals surface area contributed by atoms with Crippen molar-refractivity contribution >= 4 is 11.3 Å². The molecule has 0 aliphatic rings. The molecule has 0 amide bonds. The lowest BCUT2D eigenvalue weighted by Crippen LogP contribution is -2.48. The summed E-state index contributed by atoms with van der Waals surface area (Å²) in [5.74, 6) is 0. The number of benzene rings is 1. The molecule has 1 atom stereocenters. The van der Waals surface area contributed by atoms with Crippen LogP contribution in [0.15, 0.2) is 41.9 Å². The van der Waals surface area contributed by atoms with Gasteiger partial charge in [-0.3, -0.25) is 0 Å². The summed E-state index contributed by atoms with van der Waals surface area (Å²) in [7, 11) is 2.07. The van der Waals surface area contributed by atoms with Crippen LogP contribution in [0.4, 0.5) is 0 Å². The van der Waals surface area contributed by atoms with E-state index >= 15 is 0 Å². The second-order valence-electron chi connectivity index (χ2n) is 5.20. The normalized spacial score (nSPS) is 13.3. The highest BCUT2D eigenvalue weighted by molar-refractivity contribution is 7.09. The highest BCUT2D eigenvalue weighted by atomic mass is 32.1. The Morgan fingerprint density at radius 2 is 1.90 bits per heavy atom. The third kappa shape index (κ3) is 2.94.